The number of nitrogens with two attached hydrogens (primary N) is 1. The van der Waals surface area contributed by atoms with E-state index in [1.165, 1.54) is 0 Å². The Morgan fingerprint density at radius 1 is 1.85 bits per heavy atom. The van der Waals surface area contributed by atoms with Crippen molar-refractivity contribution in [1.82, 2.24) is 4.90 Å². The maximum Gasteiger partial charge on any atom is 0.231 e. The average molecular weight is 185 g/mol. The average Bonchev–Trinajstić information content (AvgIpc) is 2.03. The van der Waals surface area contributed by atoms with Crippen LogP contribution in [0.15, 0.2) is 5.16 Å². The third kappa shape index (κ3) is 2.69. The molecule has 13 heavy (non-hydrogen) atoms. The molecule has 5 heteroatoms. The van der Waals surface area contributed by atoms with Crippen molar-refractivity contribution >= 4 is 11.6 Å². The minimum Gasteiger partial charge on any atom is -0.411 e. The van der Waals surface area contributed by atoms with E-state index in [0.717, 1.165) is 18.8 Å². The number of piperidine rings is 1. The van der Waals surface area contributed by atoms with Gasteiger partial charge in [-0.25, -0.2) is 0 Å². The first-order valence-electron chi connectivity index (χ1n) is 4.35. The standard InChI is InChI=1S/C8H15N3O2/c1-6-4-11(5-8(9)12)3-2-7(6)10-13/h6,13H,2-5H2,1H3,(H2,9,12). The van der Waals surface area contributed by atoms with Gasteiger partial charge < -0.3 is 10.9 Å². The van der Waals surface area contributed by atoms with Crippen molar-refractivity contribution in [2.75, 3.05) is 19.6 Å². The Labute approximate surface area is 77.2 Å². The zero-order chi connectivity index (χ0) is 9.84. The maximum absolute atomic E-state index is 10.6. The molecule has 0 aromatic rings. The molecule has 5 nitrogen and oxygen atoms in total. The van der Waals surface area contributed by atoms with Gasteiger partial charge in [-0.05, 0) is 0 Å². The van der Waals surface area contributed by atoms with Gasteiger partial charge >= 0.3 is 0 Å². The molecule has 1 amide bonds. The second kappa shape index (κ2) is 4.23. The van der Waals surface area contributed by atoms with Crippen LogP contribution in [0.2, 0.25) is 0 Å². The molecule has 1 unspecified atom stereocenters. The van der Waals surface area contributed by atoms with E-state index in [4.69, 9.17) is 10.9 Å². The molecule has 0 spiro atoms. The number of oxime groups is 1. The van der Waals surface area contributed by atoms with Crippen LogP contribution in [0.1, 0.15) is 13.3 Å². The van der Waals surface area contributed by atoms with Gasteiger partial charge in [-0.2, -0.15) is 0 Å². The molecule has 0 aliphatic carbocycles. The number of carbonyl (C=O) groups is 1. The molecule has 1 aliphatic heterocycles. The summed E-state index contributed by atoms with van der Waals surface area (Å²) in [4.78, 5) is 12.6. The Kier molecular flexibility index (Phi) is 3.25. The van der Waals surface area contributed by atoms with Gasteiger partial charge in [-0.15, -0.1) is 0 Å². The molecule has 1 heterocycles. The van der Waals surface area contributed by atoms with Crippen LogP contribution < -0.4 is 5.73 Å². The zero-order valence-electron chi connectivity index (χ0n) is 7.73. The molecule has 1 fully saturated rings. The highest BCUT2D eigenvalue weighted by atomic mass is 16.4. The summed E-state index contributed by atoms with van der Waals surface area (Å²) in [6, 6.07) is 0. The molecule has 1 atom stereocenters. The molecule has 1 aliphatic rings. The lowest BCUT2D eigenvalue weighted by Gasteiger charge is -2.30. The lowest BCUT2D eigenvalue weighted by molar-refractivity contribution is -0.119. The Bertz CT molecular complexity index is 227. The summed E-state index contributed by atoms with van der Waals surface area (Å²) in [7, 11) is 0. The van der Waals surface area contributed by atoms with Crippen molar-refractivity contribution in [2.45, 2.75) is 13.3 Å². The number of rotatable bonds is 2. The van der Waals surface area contributed by atoms with Crippen LogP contribution in [-0.4, -0.2) is 41.4 Å². The van der Waals surface area contributed by atoms with Crippen molar-refractivity contribution in [3.05, 3.63) is 0 Å². The van der Waals surface area contributed by atoms with E-state index in [1.54, 1.807) is 0 Å². The second-order valence-corrected chi connectivity index (χ2v) is 3.44. The van der Waals surface area contributed by atoms with E-state index in [1.807, 2.05) is 11.8 Å². The Hall–Kier alpha value is -1.10. The van der Waals surface area contributed by atoms with Crippen LogP contribution in [0.25, 0.3) is 0 Å². The van der Waals surface area contributed by atoms with Gasteiger partial charge in [0.05, 0.1) is 12.3 Å². The van der Waals surface area contributed by atoms with Crippen molar-refractivity contribution in [3.63, 3.8) is 0 Å². The molecule has 1 rings (SSSR count). The quantitative estimate of drug-likeness (QED) is 0.455. The van der Waals surface area contributed by atoms with Gasteiger partial charge in [0, 0.05) is 25.4 Å². The zero-order valence-corrected chi connectivity index (χ0v) is 7.73. The van der Waals surface area contributed by atoms with Crippen molar-refractivity contribution in [1.29, 1.82) is 0 Å². The molecule has 3 N–H and O–H groups in total. The number of carbonyl (C=O) groups excluding carboxylic acids is 1. The van der Waals surface area contributed by atoms with Crippen LogP contribution >= 0.6 is 0 Å². The number of hydrogen-bond donors (Lipinski definition) is 2. The molecular weight excluding hydrogens is 170 g/mol. The highest BCUT2D eigenvalue weighted by Gasteiger charge is 2.22. The normalized spacial score (nSPS) is 27.8. The largest absolute Gasteiger partial charge is 0.411 e. The molecule has 74 valence electrons. The van der Waals surface area contributed by atoms with Gasteiger partial charge in [0.1, 0.15) is 0 Å². The molecule has 0 saturated carbocycles. The van der Waals surface area contributed by atoms with Crippen LogP contribution in [-0.2, 0) is 4.79 Å². The fourth-order valence-electron chi connectivity index (χ4n) is 1.62. The summed E-state index contributed by atoms with van der Waals surface area (Å²) in [5.74, 6) is -0.102. The Balaban J connectivity index is 2.46. The number of primary amides is 1. The first-order chi connectivity index (χ1) is 6.13. The van der Waals surface area contributed by atoms with Gasteiger partial charge in [0.25, 0.3) is 0 Å². The van der Waals surface area contributed by atoms with Crippen molar-refractivity contribution < 1.29 is 10.0 Å². The lowest BCUT2D eigenvalue weighted by Crippen LogP contribution is -2.43. The minimum atomic E-state index is -0.309. The number of amides is 1. The fourth-order valence-corrected chi connectivity index (χ4v) is 1.62. The summed E-state index contributed by atoms with van der Waals surface area (Å²) in [6.07, 6.45) is 0.713. The number of nitrogens with zero attached hydrogens (tertiary/aromatic N) is 2. The topological polar surface area (TPSA) is 78.9 Å². The third-order valence-corrected chi connectivity index (χ3v) is 2.29. The fraction of sp³-hybridized carbons (Fsp3) is 0.750. The van der Waals surface area contributed by atoms with Crippen molar-refractivity contribution in [2.24, 2.45) is 16.8 Å². The summed E-state index contributed by atoms with van der Waals surface area (Å²) in [5.41, 5.74) is 5.88. The molecular formula is C8H15N3O2. The number of hydrogen-bond acceptors (Lipinski definition) is 4. The predicted molar refractivity (Wildman–Crippen MR) is 48.6 cm³/mol. The van der Waals surface area contributed by atoms with Crippen molar-refractivity contribution in [3.8, 4) is 0 Å². The third-order valence-electron chi connectivity index (χ3n) is 2.29. The lowest BCUT2D eigenvalue weighted by atomic mass is 9.98. The Morgan fingerprint density at radius 3 is 3.00 bits per heavy atom. The van der Waals surface area contributed by atoms with E-state index in [9.17, 15) is 4.79 Å². The summed E-state index contributed by atoms with van der Waals surface area (Å²) in [6.45, 7) is 3.75. The van der Waals surface area contributed by atoms with E-state index in [2.05, 4.69) is 5.16 Å². The maximum atomic E-state index is 10.6. The Morgan fingerprint density at radius 2 is 2.54 bits per heavy atom. The molecule has 0 aromatic heterocycles. The number of likely N-dealkylation sites (tertiary alicyclic amines) is 1. The molecule has 0 radical (unpaired) electrons. The molecule has 0 aromatic carbocycles. The van der Waals surface area contributed by atoms with Gasteiger partial charge in [-0.1, -0.05) is 12.1 Å². The van der Waals surface area contributed by atoms with Crippen LogP contribution in [0, 0.1) is 5.92 Å². The van der Waals surface area contributed by atoms with E-state index in [-0.39, 0.29) is 11.8 Å². The van der Waals surface area contributed by atoms with E-state index >= 15 is 0 Å². The molecule has 1 saturated heterocycles. The van der Waals surface area contributed by atoms with Gasteiger partial charge in [0.15, 0.2) is 0 Å². The van der Waals surface area contributed by atoms with Gasteiger partial charge in [-0.3, -0.25) is 9.69 Å². The van der Waals surface area contributed by atoms with Crippen LogP contribution in [0.4, 0.5) is 0 Å². The highest BCUT2D eigenvalue weighted by molar-refractivity contribution is 5.87. The monoisotopic (exact) mass is 185 g/mol. The summed E-state index contributed by atoms with van der Waals surface area (Å²) >= 11 is 0. The minimum absolute atomic E-state index is 0.207. The molecule has 0 bridgehead atoms. The first kappa shape index (κ1) is 9.98. The van der Waals surface area contributed by atoms with Crippen LogP contribution in [0.5, 0.6) is 0 Å². The smallest absolute Gasteiger partial charge is 0.231 e. The highest BCUT2D eigenvalue weighted by Crippen LogP contribution is 2.12. The van der Waals surface area contributed by atoms with Gasteiger partial charge in [0.2, 0.25) is 5.91 Å². The van der Waals surface area contributed by atoms with Crippen LogP contribution in [0.3, 0.4) is 0 Å². The summed E-state index contributed by atoms with van der Waals surface area (Å²) in [5, 5.41) is 11.8. The van der Waals surface area contributed by atoms with E-state index in [0.29, 0.717) is 13.0 Å². The second-order valence-electron chi connectivity index (χ2n) is 3.44. The van der Waals surface area contributed by atoms with E-state index < -0.39 is 0 Å². The first-order valence-corrected chi connectivity index (χ1v) is 4.35. The predicted octanol–water partition coefficient (Wildman–Crippen LogP) is -0.356. The summed E-state index contributed by atoms with van der Waals surface area (Å²) < 4.78 is 0. The SMILES string of the molecule is CC1CN(CC(N)=O)CCC1=NO.